The Bertz CT molecular complexity index is 1300. The van der Waals surface area contributed by atoms with Crippen LogP contribution in [0.5, 0.6) is 11.5 Å². The number of aliphatic hydroxyl groups excluding tert-OH is 1. The number of nitrogens with two attached hydrogens (primary N) is 2. The van der Waals surface area contributed by atoms with Crippen LogP contribution in [0.1, 0.15) is 43.7 Å². The van der Waals surface area contributed by atoms with Gasteiger partial charge in [0, 0.05) is 19.5 Å². The number of amides is 3. The molecule has 9 N–H and O–H groups in total. The number of phenols is 2. The Balaban J connectivity index is 1.73. The second-order valence-corrected chi connectivity index (χ2v) is 11.2. The number of hydrogen-bond donors (Lipinski definition) is 7. The summed E-state index contributed by atoms with van der Waals surface area (Å²) in [6.07, 6.45) is 0.819. The first kappa shape index (κ1) is 33.8. The lowest BCUT2D eigenvalue weighted by Gasteiger charge is -2.30. The van der Waals surface area contributed by atoms with E-state index >= 15 is 0 Å². The average Bonchev–Trinajstić information content (AvgIpc) is 3.39. The normalized spacial score (nSPS) is 18.1. The minimum absolute atomic E-state index is 0.0141. The number of carbonyl (C=O) groups is 4. The Morgan fingerprint density at radius 1 is 1.00 bits per heavy atom. The third-order valence-electron chi connectivity index (χ3n) is 7.50. The molecule has 1 heterocycles. The lowest BCUT2D eigenvalue weighted by molar-refractivity contribution is -0.143. The molecule has 238 valence electrons. The van der Waals surface area contributed by atoms with Gasteiger partial charge in [-0.15, -0.1) is 0 Å². The summed E-state index contributed by atoms with van der Waals surface area (Å²) in [7, 11) is 0. The molecule has 1 aliphatic heterocycles. The smallest absolute Gasteiger partial charge is 0.249 e. The van der Waals surface area contributed by atoms with Crippen molar-refractivity contribution in [1.29, 1.82) is 0 Å². The highest BCUT2D eigenvalue weighted by Gasteiger charge is 2.41. The highest BCUT2D eigenvalue weighted by atomic mass is 16.3. The van der Waals surface area contributed by atoms with Crippen molar-refractivity contribution in [3.8, 4) is 11.5 Å². The number of phenolic OH excluding ortho intramolecular Hbond substituents is 2. The molecule has 0 bridgehead atoms. The summed E-state index contributed by atoms with van der Waals surface area (Å²) >= 11 is 0. The van der Waals surface area contributed by atoms with Gasteiger partial charge < -0.3 is 47.1 Å². The Hall–Kier alpha value is -4.65. The van der Waals surface area contributed by atoms with E-state index in [-0.39, 0.29) is 42.8 Å². The molecule has 0 aromatic heterocycles. The van der Waals surface area contributed by atoms with E-state index in [4.69, 9.17) is 11.5 Å². The van der Waals surface area contributed by atoms with Gasteiger partial charge in [-0.25, -0.2) is 0 Å². The minimum Gasteiger partial charge on any atom is -0.508 e. The fourth-order valence-corrected chi connectivity index (χ4v) is 5.16. The van der Waals surface area contributed by atoms with Crippen molar-refractivity contribution in [2.24, 2.45) is 22.4 Å². The number of likely N-dealkylation sites (tertiary alicyclic amines) is 1. The molecule has 2 aromatic carbocycles. The summed E-state index contributed by atoms with van der Waals surface area (Å²) in [6, 6.07) is 9.82. The standard InChI is InChI=1S/C31H42N6O7/c1-19-15-26(28(42)35-22(18-38)3-2-14-34-31(32)33)37(17-19)30(44)25(13-8-20-4-9-23(39)10-5-20)36-29(43)27(41)16-21-6-11-24(40)12-7-21/h4-7,9-12,18-19,22,25-27,39-41H,2-3,8,13-17H2,1H3,(H,35,42)(H,36,43)(H4,32,33,34)/t19-,22+,25+,26-,27+/m0/s1. The van der Waals surface area contributed by atoms with Gasteiger partial charge in [0.15, 0.2) is 5.96 Å². The van der Waals surface area contributed by atoms with Crippen molar-refractivity contribution >= 4 is 30.0 Å². The Labute approximate surface area is 256 Å². The van der Waals surface area contributed by atoms with Crippen LogP contribution in [-0.2, 0) is 32.0 Å². The fraction of sp³-hybridized carbons (Fsp3) is 0.452. The van der Waals surface area contributed by atoms with Crippen LogP contribution in [0.4, 0.5) is 0 Å². The van der Waals surface area contributed by atoms with Gasteiger partial charge in [-0.05, 0) is 73.4 Å². The molecule has 44 heavy (non-hydrogen) atoms. The van der Waals surface area contributed by atoms with Crippen molar-refractivity contribution in [1.82, 2.24) is 15.5 Å². The number of aryl methyl sites for hydroxylation is 1. The highest BCUT2D eigenvalue weighted by molar-refractivity contribution is 5.94. The van der Waals surface area contributed by atoms with Crippen LogP contribution in [0.3, 0.4) is 0 Å². The predicted molar refractivity (Wildman–Crippen MR) is 163 cm³/mol. The third kappa shape index (κ3) is 10.3. The zero-order valence-electron chi connectivity index (χ0n) is 24.8. The number of benzene rings is 2. The number of carbonyl (C=O) groups excluding carboxylic acids is 4. The van der Waals surface area contributed by atoms with Crippen LogP contribution < -0.4 is 22.1 Å². The minimum atomic E-state index is -1.47. The molecule has 13 heteroatoms. The second kappa shape index (κ2) is 16.3. The molecule has 5 atom stereocenters. The maximum absolute atomic E-state index is 13.9. The second-order valence-electron chi connectivity index (χ2n) is 11.2. The number of rotatable bonds is 15. The fourth-order valence-electron chi connectivity index (χ4n) is 5.16. The van der Waals surface area contributed by atoms with E-state index in [0.717, 1.165) is 5.56 Å². The molecule has 0 aliphatic carbocycles. The number of guanidine groups is 1. The zero-order valence-corrected chi connectivity index (χ0v) is 24.8. The summed E-state index contributed by atoms with van der Waals surface area (Å²) in [4.78, 5) is 57.3. The average molecular weight is 611 g/mol. The van der Waals surface area contributed by atoms with Gasteiger partial charge in [0.25, 0.3) is 0 Å². The number of aliphatic hydroxyl groups is 1. The highest BCUT2D eigenvalue weighted by Crippen LogP contribution is 2.25. The number of aldehydes is 1. The number of hydrogen-bond acceptors (Lipinski definition) is 8. The van der Waals surface area contributed by atoms with Gasteiger partial charge in [0.1, 0.15) is 36.0 Å². The molecular weight excluding hydrogens is 568 g/mol. The molecule has 1 fully saturated rings. The summed E-state index contributed by atoms with van der Waals surface area (Å²) in [5.41, 5.74) is 12.1. The van der Waals surface area contributed by atoms with E-state index in [2.05, 4.69) is 15.6 Å². The van der Waals surface area contributed by atoms with E-state index in [1.165, 1.54) is 29.2 Å². The van der Waals surface area contributed by atoms with Crippen LogP contribution in [0.15, 0.2) is 53.5 Å². The number of aliphatic imine (C=N–C) groups is 1. The zero-order chi connectivity index (χ0) is 32.2. The van der Waals surface area contributed by atoms with Crippen molar-refractivity contribution in [3.63, 3.8) is 0 Å². The molecule has 2 aromatic rings. The van der Waals surface area contributed by atoms with Gasteiger partial charge in [-0.3, -0.25) is 19.4 Å². The van der Waals surface area contributed by atoms with Crippen LogP contribution in [-0.4, -0.2) is 87.5 Å². The lowest BCUT2D eigenvalue weighted by Crippen LogP contribution is -2.56. The largest absolute Gasteiger partial charge is 0.508 e. The Morgan fingerprint density at radius 2 is 1.61 bits per heavy atom. The van der Waals surface area contributed by atoms with Crippen LogP contribution >= 0.6 is 0 Å². The van der Waals surface area contributed by atoms with Gasteiger partial charge in [-0.2, -0.15) is 0 Å². The van der Waals surface area contributed by atoms with Crippen molar-refractivity contribution < 1.29 is 34.5 Å². The lowest BCUT2D eigenvalue weighted by atomic mass is 10.0. The molecule has 0 saturated carbocycles. The van der Waals surface area contributed by atoms with E-state index in [9.17, 15) is 34.5 Å². The molecule has 0 unspecified atom stereocenters. The molecule has 0 spiro atoms. The first-order chi connectivity index (χ1) is 21.0. The monoisotopic (exact) mass is 610 g/mol. The van der Waals surface area contributed by atoms with Gasteiger partial charge in [0.2, 0.25) is 17.7 Å². The SMILES string of the molecule is C[C@H]1C[C@@H](C(=O)N[C@@H](C=O)CCCN=C(N)N)N(C(=O)[C@@H](CCc2ccc(O)cc2)NC(=O)[C@H](O)Cc2ccc(O)cc2)C1. The Kier molecular flexibility index (Phi) is 12.5. The van der Waals surface area contributed by atoms with E-state index < -0.39 is 42.0 Å². The van der Waals surface area contributed by atoms with Crippen LogP contribution in [0.25, 0.3) is 0 Å². The topological polar surface area (TPSA) is 221 Å². The number of aromatic hydroxyl groups is 2. The van der Waals surface area contributed by atoms with Crippen molar-refractivity contribution in [2.75, 3.05) is 13.1 Å². The molecule has 1 saturated heterocycles. The van der Waals surface area contributed by atoms with E-state index in [0.29, 0.717) is 44.1 Å². The van der Waals surface area contributed by atoms with E-state index in [1.807, 2.05) is 6.92 Å². The maximum atomic E-state index is 13.9. The van der Waals surface area contributed by atoms with Crippen molar-refractivity contribution in [3.05, 3.63) is 59.7 Å². The summed E-state index contributed by atoms with van der Waals surface area (Å²) in [5, 5.41) is 35.1. The number of nitrogens with one attached hydrogen (secondary N) is 2. The maximum Gasteiger partial charge on any atom is 0.249 e. The molecule has 3 rings (SSSR count). The first-order valence-corrected chi connectivity index (χ1v) is 14.6. The summed E-state index contributed by atoms with van der Waals surface area (Å²) in [5.74, 6) is -1.64. The molecule has 0 radical (unpaired) electrons. The quantitative estimate of drug-likeness (QED) is 0.0628. The molecule has 3 amide bonds. The van der Waals surface area contributed by atoms with Gasteiger partial charge in [0.05, 0.1) is 6.04 Å². The Morgan fingerprint density at radius 3 is 2.20 bits per heavy atom. The molecular formula is C31H42N6O7. The van der Waals surface area contributed by atoms with Crippen LogP contribution in [0, 0.1) is 5.92 Å². The van der Waals surface area contributed by atoms with Crippen molar-refractivity contribution in [2.45, 2.75) is 69.7 Å². The molecule has 1 aliphatic rings. The van der Waals surface area contributed by atoms with Gasteiger partial charge in [-0.1, -0.05) is 31.2 Å². The first-order valence-electron chi connectivity index (χ1n) is 14.6. The van der Waals surface area contributed by atoms with Crippen LogP contribution in [0.2, 0.25) is 0 Å². The third-order valence-corrected chi connectivity index (χ3v) is 7.50. The molecule has 13 nitrogen and oxygen atoms in total. The van der Waals surface area contributed by atoms with E-state index in [1.54, 1.807) is 24.3 Å². The summed E-state index contributed by atoms with van der Waals surface area (Å²) in [6.45, 7) is 2.48. The predicted octanol–water partition coefficient (Wildman–Crippen LogP) is 0.0931. The number of nitrogens with zero attached hydrogens (tertiary/aromatic N) is 2. The van der Waals surface area contributed by atoms with Gasteiger partial charge >= 0.3 is 0 Å². The summed E-state index contributed by atoms with van der Waals surface area (Å²) < 4.78 is 0.